The molecule has 0 bridgehead atoms. The number of thiocarbonyl (C=S) groups is 1. The molecule has 0 radical (unpaired) electrons. The fourth-order valence-electron chi connectivity index (χ4n) is 1.74. The van der Waals surface area contributed by atoms with Crippen molar-refractivity contribution in [1.29, 1.82) is 0 Å². The fourth-order valence-corrected chi connectivity index (χ4v) is 1.91. The van der Waals surface area contributed by atoms with Gasteiger partial charge in [-0.2, -0.15) is 5.10 Å². The third kappa shape index (κ3) is 4.75. The van der Waals surface area contributed by atoms with Crippen molar-refractivity contribution in [3.63, 3.8) is 0 Å². The Labute approximate surface area is 134 Å². The number of nitrogens with zero attached hydrogens (tertiary/aromatic N) is 1. The van der Waals surface area contributed by atoms with Gasteiger partial charge in [0.1, 0.15) is 0 Å². The predicted octanol–water partition coefficient (Wildman–Crippen LogP) is 3.11. The highest BCUT2D eigenvalue weighted by atomic mass is 32.1. The van der Waals surface area contributed by atoms with Crippen LogP contribution < -0.4 is 15.5 Å². The summed E-state index contributed by atoms with van der Waals surface area (Å²) in [4.78, 5) is 0. The summed E-state index contributed by atoms with van der Waals surface area (Å²) in [6, 6.07) is 14.6. The second kappa shape index (κ2) is 7.99. The molecule has 0 aliphatic carbocycles. The predicted molar refractivity (Wildman–Crippen MR) is 92.7 cm³/mol. The molecule has 0 aliphatic heterocycles. The van der Waals surface area contributed by atoms with E-state index in [9.17, 15) is 5.11 Å². The van der Waals surface area contributed by atoms with Crippen LogP contribution in [0.25, 0.3) is 0 Å². The quantitative estimate of drug-likeness (QED) is 0.449. The molecule has 2 aromatic rings. The third-order valence-corrected chi connectivity index (χ3v) is 2.89. The summed E-state index contributed by atoms with van der Waals surface area (Å²) < 4.78 is 5.26. The number of hydrogen-bond donors (Lipinski definition) is 3. The summed E-state index contributed by atoms with van der Waals surface area (Å²) in [5.74, 6) is 0.532. The molecular formula is C16H17N3O2S. The molecule has 0 saturated carbocycles. The lowest BCUT2D eigenvalue weighted by molar-refractivity contribution is 0.318. The van der Waals surface area contributed by atoms with Gasteiger partial charge in [-0.3, -0.25) is 5.43 Å². The van der Waals surface area contributed by atoms with Crippen molar-refractivity contribution in [3.8, 4) is 11.5 Å². The Kier molecular flexibility index (Phi) is 5.73. The first kappa shape index (κ1) is 15.8. The van der Waals surface area contributed by atoms with Gasteiger partial charge >= 0.3 is 0 Å². The van der Waals surface area contributed by atoms with Gasteiger partial charge in [-0.25, -0.2) is 0 Å². The highest BCUT2D eigenvalue weighted by Crippen LogP contribution is 2.25. The number of hydrazone groups is 1. The van der Waals surface area contributed by atoms with E-state index in [0.717, 1.165) is 11.3 Å². The van der Waals surface area contributed by atoms with Crippen LogP contribution in [0.2, 0.25) is 0 Å². The van der Waals surface area contributed by atoms with Crippen LogP contribution in [0.3, 0.4) is 0 Å². The molecule has 114 valence electrons. The number of nitrogens with one attached hydrogen (secondary N) is 2. The second-order valence-corrected chi connectivity index (χ2v) is 4.76. The number of anilines is 1. The van der Waals surface area contributed by atoms with Gasteiger partial charge in [-0.1, -0.05) is 18.2 Å². The highest BCUT2D eigenvalue weighted by Gasteiger charge is 2.01. The summed E-state index contributed by atoms with van der Waals surface area (Å²) in [5, 5.41) is 17.2. The number of aromatic hydroxyl groups is 1. The van der Waals surface area contributed by atoms with Gasteiger partial charge in [0.15, 0.2) is 16.6 Å². The van der Waals surface area contributed by atoms with Crippen molar-refractivity contribution in [2.75, 3.05) is 11.9 Å². The average Bonchev–Trinajstić information content (AvgIpc) is 2.51. The topological polar surface area (TPSA) is 65.9 Å². The van der Waals surface area contributed by atoms with E-state index in [4.69, 9.17) is 17.0 Å². The molecule has 6 heteroatoms. The van der Waals surface area contributed by atoms with E-state index in [1.54, 1.807) is 24.4 Å². The molecule has 0 aliphatic rings. The van der Waals surface area contributed by atoms with E-state index >= 15 is 0 Å². The van der Waals surface area contributed by atoms with Crippen LogP contribution in [-0.2, 0) is 0 Å². The Morgan fingerprint density at radius 1 is 1.27 bits per heavy atom. The highest BCUT2D eigenvalue weighted by molar-refractivity contribution is 7.80. The Balaban J connectivity index is 1.89. The van der Waals surface area contributed by atoms with Crippen LogP contribution in [0.4, 0.5) is 5.69 Å². The van der Waals surface area contributed by atoms with Gasteiger partial charge in [0.05, 0.1) is 12.8 Å². The molecule has 0 unspecified atom stereocenters. The Hall–Kier alpha value is -2.60. The van der Waals surface area contributed by atoms with E-state index in [-0.39, 0.29) is 5.75 Å². The fraction of sp³-hybridized carbons (Fsp3) is 0.125. The number of hydrogen-bond acceptors (Lipinski definition) is 4. The van der Waals surface area contributed by atoms with Crippen LogP contribution in [0, 0.1) is 0 Å². The van der Waals surface area contributed by atoms with Gasteiger partial charge in [-0.15, -0.1) is 0 Å². The average molecular weight is 315 g/mol. The normalized spacial score (nSPS) is 10.4. The van der Waals surface area contributed by atoms with E-state index < -0.39 is 0 Å². The molecule has 3 N–H and O–H groups in total. The maximum absolute atomic E-state index is 9.78. The first-order valence-electron chi connectivity index (χ1n) is 6.80. The lowest BCUT2D eigenvalue weighted by atomic mass is 10.2. The van der Waals surface area contributed by atoms with Crippen LogP contribution in [-0.4, -0.2) is 23.0 Å². The van der Waals surface area contributed by atoms with Crippen LogP contribution >= 0.6 is 12.2 Å². The summed E-state index contributed by atoms with van der Waals surface area (Å²) in [5.41, 5.74) is 4.33. The SMILES string of the molecule is CCOc1ccc(C=NNC(=S)Nc2ccccc2)cc1O. The molecule has 0 heterocycles. The summed E-state index contributed by atoms with van der Waals surface area (Å²) in [6.07, 6.45) is 1.56. The maximum Gasteiger partial charge on any atom is 0.191 e. The molecule has 0 fully saturated rings. The zero-order chi connectivity index (χ0) is 15.8. The first-order valence-corrected chi connectivity index (χ1v) is 7.21. The van der Waals surface area contributed by atoms with Crippen molar-refractivity contribution < 1.29 is 9.84 Å². The van der Waals surface area contributed by atoms with Crippen LogP contribution in [0.1, 0.15) is 12.5 Å². The first-order chi connectivity index (χ1) is 10.7. The van der Waals surface area contributed by atoms with Gasteiger partial charge in [0.25, 0.3) is 0 Å². The zero-order valence-electron chi connectivity index (χ0n) is 12.1. The van der Waals surface area contributed by atoms with E-state index in [1.165, 1.54) is 0 Å². The largest absolute Gasteiger partial charge is 0.504 e. The molecule has 2 aromatic carbocycles. The summed E-state index contributed by atoms with van der Waals surface area (Å²) >= 11 is 5.13. The number of benzene rings is 2. The van der Waals surface area contributed by atoms with Gasteiger partial charge < -0.3 is 15.2 Å². The van der Waals surface area contributed by atoms with E-state index in [0.29, 0.717) is 17.5 Å². The molecule has 0 saturated heterocycles. The van der Waals surface area contributed by atoms with Crippen molar-refractivity contribution in [2.45, 2.75) is 6.92 Å². The summed E-state index contributed by atoms with van der Waals surface area (Å²) in [7, 11) is 0. The molecule has 22 heavy (non-hydrogen) atoms. The molecule has 0 amide bonds. The van der Waals surface area contributed by atoms with Crippen LogP contribution in [0.5, 0.6) is 11.5 Å². The Morgan fingerprint density at radius 3 is 2.73 bits per heavy atom. The maximum atomic E-state index is 9.78. The lowest BCUT2D eigenvalue weighted by Crippen LogP contribution is -2.23. The number of rotatable bonds is 5. The number of phenols is 1. The number of phenolic OH excluding ortho intramolecular Hbond substituents is 1. The molecular weight excluding hydrogens is 298 g/mol. The van der Waals surface area contributed by atoms with Crippen molar-refractivity contribution in [2.24, 2.45) is 5.10 Å². The molecule has 0 spiro atoms. The molecule has 0 aromatic heterocycles. The molecule has 2 rings (SSSR count). The van der Waals surface area contributed by atoms with Crippen molar-refractivity contribution in [3.05, 3.63) is 54.1 Å². The van der Waals surface area contributed by atoms with Gasteiger partial charge in [-0.05, 0) is 55.0 Å². The Bertz CT molecular complexity index is 660. The Morgan fingerprint density at radius 2 is 2.05 bits per heavy atom. The smallest absolute Gasteiger partial charge is 0.191 e. The van der Waals surface area contributed by atoms with Crippen molar-refractivity contribution in [1.82, 2.24) is 5.43 Å². The standard InChI is InChI=1S/C16H17N3O2S/c1-2-21-15-9-8-12(10-14(15)20)11-17-19-16(22)18-13-6-4-3-5-7-13/h3-11,20H,2H2,1H3,(H2,18,19,22). The minimum Gasteiger partial charge on any atom is -0.504 e. The summed E-state index contributed by atoms with van der Waals surface area (Å²) in [6.45, 7) is 2.36. The minimum absolute atomic E-state index is 0.0794. The van der Waals surface area contributed by atoms with E-state index in [1.807, 2.05) is 37.3 Å². The van der Waals surface area contributed by atoms with E-state index in [2.05, 4.69) is 15.8 Å². The lowest BCUT2D eigenvalue weighted by Gasteiger charge is -2.07. The van der Waals surface area contributed by atoms with Gasteiger partial charge in [0, 0.05) is 5.69 Å². The third-order valence-electron chi connectivity index (χ3n) is 2.69. The monoisotopic (exact) mass is 315 g/mol. The minimum atomic E-state index is 0.0794. The van der Waals surface area contributed by atoms with Crippen molar-refractivity contribution >= 4 is 29.2 Å². The van der Waals surface area contributed by atoms with Crippen LogP contribution in [0.15, 0.2) is 53.6 Å². The molecule has 0 atom stereocenters. The molecule has 5 nitrogen and oxygen atoms in total. The van der Waals surface area contributed by atoms with Gasteiger partial charge in [0.2, 0.25) is 0 Å². The zero-order valence-corrected chi connectivity index (χ0v) is 12.9. The number of ether oxygens (including phenoxy) is 1. The number of para-hydroxylation sites is 1. The second-order valence-electron chi connectivity index (χ2n) is 4.35.